The van der Waals surface area contributed by atoms with Gasteiger partial charge >= 0.3 is 4.87 Å². The molecule has 0 saturated carbocycles. The second-order valence-electron chi connectivity index (χ2n) is 5.70. The molecule has 0 saturated heterocycles. The number of nitrogens with zero attached hydrogens (tertiary/aromatic N) is 2. The van der Waals surface area contributed by atoms with Crippen LogP contribution in [0.3, 0.4) is 0 Å². The molecule has 4 aromatic heterocycles. The van der Waals surface area contributed by atoms with Crippen molar-refractivity contribution in [3.8, 4) is 11.1 Å². The molecule has 0 aliphatic heterocycles. The summed E-state index contributed by atoms with van der Waals surface area (Å²) in [7, 11) is 0. The molecule has 8 nitrogen and oxygen atoms in total. The summed E-state index contributed by atoms with van der Waals surface area (Å²) in [6.45, 7) is 3.82. The van der Waals surface area contributed by atoms with E-state index in [0.29, 0.717) is 32.5 Å². The molecule has 4 rings (SSSR count). The maximum atomic E-state index is 12.5. The van der Waals surface area contributed by atoms with E-state index < -0.39 is 0 Å². The Morgan fingerprint density at radius 3 is 2.71 bits per heavy atom. The lowest BCUT2D eigenvalue weighted by atomic mass is 10.1. The smallest absolute Gasteiger partial charge is 0.306 e. The molecule has 24 heavy (non-hydrogen) atoms. The molecule has 0 aliphatic carbocycles. The number of fused-ring (bicyclic) bond motifs is 2. The number of aromatic amines is 3. The molecule has 0 fully saturated rings. The maximum Gasteiger partial charge on any atom is 0.306 e. The molecular weight excluding hydrogens is 330 g/mol. The molecule has 9 heteroatoms. The van der Waals surface area contributed by atoms with Gasteiger partial charge in [-0.2, -0.15) is 0 Å². The molecule has 0 bridgehead atoms. The minimum atomic E-state index is -0.341. The van der Waals surface area contributed by atoms with Crippen LogP contribution in [-0.2, 0) is 0 Å². The van der Waals surface area contributed by atoms with Crippen molar-refractivity contribution < 1.29 is 0 Å². The average Bonchev–Trinajstić information content (AvgIpc) is 3.06. The van der Waals surface area contributed by atoms with E-state index in [-0.39, 0.29) is 22.0 Å². The summed E-state index contributed by atoms with van der Waals surface area (Å²) in [5, 5.41) is 3.07. The van der Waals surface area contributed by atoms with Crippen molar-refractivity contribution in [2.45, 2.75) is 19.9 Å². The van der Waals surface area contributed by atoms with Gasteiger partial charge in [0.1, 0.15) is 0 Å². The zero-order chi connectivity index (χ0) is 17.0. The molecule has 0 spiro atoms. The van der Waals surface area contributed by atoms with Crippen LogP contribution in [0.5, 0.6) is 0 Å². The number of H-pyrrole nitrogens is 3. The Labute approximate surface area is 137 Å². The third-order valence-electron chi connectivity index (χ3n) is 3.83. The first-order valence-corrected chi connectivity index (χ1v) is 8.14. The van der Waals surface area contributed by atoms with E-state index in [1.54, 1.807) is 16.8 Å². The number of pyridine rings is 2. The molecule has 0 radical (unpaired) electrons. The van der Waals surface area contributed by atoms with Crippen LogP contribution in [0, 0.1) is 0 Å². The summed E-state index contributed by atoms with van der Waals surface area (Å²) >= 11 is 0.935. The molecule has 3 N–H and O–H groups in total. The van der Waals surface area contributed by atoms with Crippen molar-refractivity contribution in [1.29, 1.82) is 0 Å². The van der Waals surface area contributed by atoms with Gasteiger partial charge in [-0.05, 0) is 26.0 Å². The van der Waals surface area contributed by atoms with Gasteiger partial charge in [0, 0.05) is 23.4 Å². The summed E-state index contributed by atoms with van der Waals surface area (Å²) in [4.78, 5) is 46.1. The fraction of sp³-hybridized carbons (Fsp3) is 0.200. The molecule has 0 unspecified atom stereocenters. The third-order valence-corrected chi connectivity index (χ3v) is 4.72. The van der Waals surface area contributed by atoms with E-state index in [1.807, 2.05) is 13.8 Å². The van der Waals surface area contributed by atoms with Crippen molar-refractivity contribution in [2.24, 2.45) is 0 Å². The first kappa shape index (κ1) is 14.6. The Hall–Kier alpha value is -2.94. The van der Waals surface area contributed by atoms with Crippen LogP contribution in [0.15, 0.2) is 32.7 Å². The van der Waals surface area contributed by atoms with Crippen molar-refractivity contribution >= 4 is 32.7 Å². The van der Waals surface area contributed by atoms with Crippen molar-refractivity contribution in [3.05, 3.63) is 48.7 Å². The second kappa shape index (κ2) is 5.03. The van der Waals surface area contributed by atoms with E-state index in [9.17, 15) is 14.4 Å². The van der Waals surface area contributed by atoms with Crippen molar-refractivity contribution in [2.75, 3.05) is 0 Å². The van der Waals surface area contributed by atoms with Gasteiger partial charge in [-0.15, -0.1) is 0 Å². The van der Waals surface area contributed by atoms with Crippen LogP contribution >= 0.6 is 11.3 Å². The Kier molecular flexibility index (Phi) is 3.07. The zero-order valence-electron chi connectivity index (χ0n) is 12.8. The van der Waals surface area contributed by atoms with Gasteiger partial charge < -0.3 is 4.98 Å². The zero-order valence-corrected chi connectivity index (χ0v) is 13.7. The largest absolute Gasteiger partial charge is 0.329 e. The molecule has 0 aromatic carbocycles. The number of aromatic nitrogens is 5. The fourth-order valence-electron chi connectivity index (χ4n) is 2.81. The highest BCUT2D eigenvalue weighted by molar-refractivity contribution is 7.17. The highest BCUT2D eigenvalue weighted by Gasteiger charge is 2.22. The maximum absolute atomic E-state index is 12.5. The standard InChI is InChI=1S/C15H13N5O3S/c1-6(2)20-12-9(14(22)19-20)8(7-4-3-5-16-13(7)21)10-11(17-12)18-15(23)24-10/h3-6H,1-2H3,(H,16,21)(H,19,22)(H,17,18,23). The van der Waals surface area contributed by atoms with Crippen LogP contribution in [0.1, 0.15) is 19.9 Å². The van der Waals surface area contributed by atoms with E-state index in [4.69, 9.17) is 0 Å². The van der Waals surface area contributed by atoms with Crippen LogP contribution in [-0.4, -0.2) is 24.7 Å². The second-order valence-corrected chi connectivity index (χ2v) is 6.68. The molecular formula is C15H13N5O3S. The first-order valence-electron chi connectivity index (χ1n) is 7.32. The molecule has 0 aliphatic rings. The van der Waals surface area contributed by atoms with Gasteiger partial charge in [0.2, 0.25) is 0 Å². The van der Waals surface area contributed by atoms with Gasteiger partial charge in [-0.1, -0.05) is 11.3 Å². The van der Waals surface area contributed by atoms with E-state index >= 15 is 0 Å². The van der Waals surface area contributed by atoms with E-state index in [2.05, 4.69) is 20.1 Å². The minimum Gasteiger partial charge on any atom is -0.329 e. The topological polar surface area (TPSA) is 116 Å². The van der Waals surface area contributed by atoms with Gasteiger partial charge in [0.05, 0.1) is 10.1 Å². The monoisotopic (exact) mass is 343 g/mol. The number of rotatable bonds is 2. The van der Waals surface area contributed by atoms with Crippen molar-refractivity contribution in [3.63, 3.8) is 0 Å². The normalized spacial score (nSPS) is 11.8. The lowest BCUT2D eigenvalue weighted by Gasteiger charge is -2.08. The lowest BCUT2D eigenvalue weighted by molar-refractivity contribution is 0.542. The Bertz CT molecular complexity index is 1250. The number of hydrogen-bond acceptors (Lipinski definition) is 5. The highest BCUT2D eigenvalue weighted by atomic mass is 32.1. The quantitative estimate of drug-likeness (QED) is 0.512. The van der Waals surface area contributed by atoms with Gasteiger partial charge in [0.25, 0.3) is 11.1 Å². The summed E-state index contributed by atoms with van der Waals surface area (Å²) in [6, 6.07) is 3.27. The summed E-state index contributed by atoms with van der Waals surface area (Å²) in [5.41, 5.74) is 0.869. The summed E-state index contributed by atoms with van der Waals surface area (Å²) in [5.74, 6) is 0. The molecule has 0 amide bonds. The van der Waals surface area contributed by atoms with Crippen molar-refractivity contribution in [1.82, 2.24) is 24.7 Å². The average molecular weight is 343 g/mol. The van der Waals surface area contributed by atoms with Gasteiger partial charge in [-0.3, -0.25) is 29.1 Å². The Balaban J connectivity index is 2.32. The fourth-order valence-corrected chi connectivity index (χ4v) is 3.65. The molecule has 0 atom stereocenters. The number of nitrogens with one attached hydrogen (secondary N) is 3. The molecule has 4 heterocycles. The van der Waals surface area contributed by atoms with Crippen LogP contribution < -0.4 is 16.0 Å². The first-order chi connectivity index (χ1) is 11.5. The van der Waals surface area contributed by atoms with Crippen LogP contribution in [0.25, 0.3) is 32.5 Å². The Morgan fingerprint density at radius 1 is 1.21 bits per heavy atom. The van der Waals surface area contributed by atoms with E-state index in [1.165, 1.54) is 6.20 Å². The number of hydrogen-bond donors (Lipinski definition) is 3. The van der Waals surface area contributed by atoms with Crippen LogP contribution in [0.4, 0.5) is 0 Å². The predicted octanol–water partition coefficient (Wildman–Crippen LogP) is 1.56. The summed E-state index contributed by atoms with van der Waals surface area (Å²) < 4.78 is 2.13. The molecule has 4 aromatic rings. The minimum absolute atomic E-state index is 0.0348. The number of thiazole rings is 1. The predicted molar refractivity (Wildman–Crippen MR) is 92.8 cm³/mol. The van der Waals surface area contributed by atoms with Crippen LogP contribution in [0.2, 0.25) is 0 Å². The Morgan fingerprint density at radius 2 is 2.00 bits per heavy atom. The van der Waals surface area contributed by atoms with Gasteiger partial charge in [0.15, 0.2) is 11.3 Å². The lowest BCUT2D eigenvalue weighted by Crippen LogP contribution is -2.09. The van der Waals surface area contributed by atoms with E-state index in [0.717, 1.165) is 11.3 Å². The highest BCUT2D eigenvalue weighted by Crippen LogP contribution is 2.32. The third kappa shape index (κ3) is 1.98. The van der Waals surface area contributed by atoms with Gasteiger partial charge in [-0.25, -0.2) is 4.98 Å². The summed E-state index contributed by atoms with van der Waals surface area (Å²) in [6.07, 6.45) is 1.52. The SMILES string of the molecule is CC(C)n1[nH]c(=O)c2c(-c3ccc[nH]c3=O)c3sc(=O)[nH]c3nc21. The molecule has 122 valence electrons.